The van der Waals surface area contributed by atoms with Gasteiger partial charge in [-0.05, 0) is 25.7 Å². The van der Waals surface area contributed by atoms with Crippen LogP contribution in [0.5, 0.6) is 0 Å². The molecular formula is C17H36O2. The first-order valence-electron chi connectivity index (χ1n) is 8.17. The standard InChI is InChI=1S/C12H24O2.C5H12/c1-4-6-7-8-9-10-12(13)14-11(3)5-2;1-4-5(2)3/h11H,4-10H2,1-3H3;5H,4H2,1-3H3. The first kappa shape index (κ1) is 20.8. The van der Waals surface area contributed by atoms with Gasteiger partial charge in [-0.3, -0.25) is 4.79 Å². The van der Waals surface area contributed by atoms with Gasteiger partial charge in [0, 0.05) is 6.42 Å². The van der Waals surface area contributed by atoms with E-state index in [1.807, 2.05) is 13.8 Å². The number of carbonyl (C=O) groups is 1. The van der Waals surface area contributed by atoms with Crippen LogP contribution in [0.25, 0.3) is 0 Å². The predicted molar refractivity (Wildman–Crippen MR) is 84.4 cm³/mol. The van der Waals surface area contributed by atoms with Gasteiger partial charge in [0.2, 0.25) is 0 Å². The Balaban J connectivity index is 0. The fourth-order valence-electron chi connectivity index (χ4n) is 1.24. The monoisotopic (exact) mass is 272 g/mol. The van der Waals surface area contributed by atoms with Crippen molar-refractivity contribution >= 4 is 5.97 Å². The van der Waals surface area contributed by atoms with Crippen LogP contribution in [0.3, 0.4) is 0 Å². The molecule has 0 saturated carbocycles. The van der Waals surface area contributed by atoms with Crippen LogP contribution in [0.4, 0.5) is 0 Å². The Morgan fingerprint density at radius 2 is 1.42 bits per heavy atom. The van der Waals surface area contributed by atoms with Crippen molar-refractivity contribution in [2.45, 2.75) is 99.0 Å². The highest BCUT2D eigenvalue weighted by molar-refractivity contribution is 5.69. The van der Waals surface area contributed by atoms with Crippen molar-refractivity contribution < 1.29 is 9.53 Å². The summed E-state index contributed by atoms with van der Waals surface area (Å²) in [6.07, 6.45) is 8.79. The Bertz CT molecular complexity index is 188. The minimum atomic E-state index is -0.0316. The Hall–Kier alpha value is -0.530. The Morgan fingerprint density at radius 1 is 0.895 bits per heavy atom. The number of esters is 1. The lowest BCUT2D eigenvalue weighted by Crippen LogP contribution is -2.13. The summed E-state index contributed by atoms with van der Waals surface area (Å²) in [5.74, 6) is 0.853. The van der Waals surface area contributed by atoms with E-state index in [-0.39, 0.29) is 12.1 Å². The van der Waals surface area contributed by atoms with Crippen LogP contribution in [-0.4, -0.2) is 12.1 Å². The number of ether oxygens (including phenoxy) is 1. The van der Waals surface area contributed by atoms with Crippen LogP contribution in [0.1, 0.15) is 92.9 Å². The largest absolute Gasteiger partial charge is 0.463 e. The highest BCUT2D eigenvalue weighted by Crippen LogP contribution is 2.07. The van der Waals surface area contributed by atoms with Crippen LogP contribution in [-0.2, 0) is 9.53 Å². The highest BCUT2D eigenvalue weighted by Gasteiger charge is 2.06. The maximum Gasteiger partial charge on any atom is 0.306 e. The summed E-state index contributed by atoms with van der Waals surface area (Å²) in [6, 6.07) is 0. The molecule has 0 aromatic carbocycles. The minimum absolute atomic E-state index is 0.0316. The van der Waals surface area contributed by atoms with Crippen molar-refractivity contribution in [2.24, 2.45) is 5.92 Å². The lowest BCUT2D eigenvalue weighted by Gasteiger charge is -2.10. The fraction of sp³-hybridized carbons (Fsp3) is 0.941. The van der Waals surface area contributed by atoms with Gasteiger partial charge in [-0.1, -0.05) is 66.7 Å². The zero-order chi connectivity index (χ0) is 15.1. The van der Waals surface area contributed by atoms with Gasteiger partial charge in [-0.15, -0.1) is 0 Å². The summed E-state index contributed by atoms with van der Waals surface area (Å²) < 4.78 is 5.17. The Labute approximate surface area is 121 Å². The van der Waals surface area contributed by atoms with Crippen LogP contribution >= 0.6 is 0 Å². The van der Waals surface area contributed by atoms with Crippen LogP contribution in [0.15, 0.2) is 0 Å². The molecule has 0 bridgehead atoms. The van der Waals surface area contributed by atoms with E-state index in [0.717, 1.165) is 25.2 Å². The normalized spacial score (nSPS) is 11.7. The SMILES string of the molecule is CCC(C)C.CCCCCCCC(=O)OC(C)CC. The third-order valence-electron chi connectivity index (χ3n) is 3.21. The van der Waals surface area contributed by atoms with Crippen molar-refractivity contribution in [2.75, 3.05) is 0 Å². The van der Waals surface area contributed by atoms with Crippen molar-refractivity contribution in [3.8, 4) is 0 Å². The molecule has 0 aromatic rings. The van der Waals surface area contributed by atoms with Crippen molar-refractivity contribution in [1.29, 1.82) is 0 Å². The van der Waals surface area contributed by atoms with Crippen molar-refractivity contribution in [3.63, 3.8) is 0 Å². The molecule has 2 heteroatoms. The molecular weight excluding hydrogens is 236 g/mol. The smallest absolute Gasteiger partial charge is 0.306 e. The summed E-state index contributed by atoms with van der Waals surface area (Å²) >= 11 is 0. The van der Waals surface area contributed by atoms with Gasteiger partial charge in [0.05, 0.1) is 6.10 Å². The van der Waals surface area contributed by atoms with Gasteiger partial charge in [0.1, 0.15) is 0 Å². The minimum Gasteiger partial charge on any atom is -0.463 e. The van der Waals surface area contributed by atoms with Crippen LogP contribution in [0, 0.1) is 5.92 Å². The quantitative estimate of drug-likeness (QED) is 0.395. The van der Waals surface area contributed by atoms with E-state index >= 15 is 0 Å². The molecule has 0 fully saturated rings. The van der Waals surface area contributed by atoms with Gasteiger partial charge in [-0.2, -0.15) is 0 Å². The number of rotatable bonds is 9. The van der Waals surface area contributed by atoms with Crippen molar-refractivity contribution in [3.05, 3.63) is 0 Å². The van der Waals surface area contributed by atoms with Crippen LogP contribution in [0.2, 0.25) is 0 Å². The zero-order valence-electron chi connectivity index (χ0n) is 14.1. The maximum atomic E-state index is 11.2. The van der Waals surface area contributed by atoms with Gasteiger partial charge < -0.3 is 4.74 Å². The lowest BCUT2D eigenvalue weighted by molar-refractivity contribution is -0.148. The topological polar surface area (TPSA) is 26.3 Å². The molecule has 0 aliphatic carbocycles. The molecule has 0 amide bonds. The molecule has 1 atom stereocenters. The average molecular weight is 272 g/mol. The molecule has 0 saturated heterocycles. The van der Waals surface area contributed by atoms with Gasteiger partial charge >= 0.3 is 5.97 Å². The molecule has 0 aliphatic heterocycles. The Kier molecular flexibility index (Phi) is 17.0. The first-order chi connectivity index (χ1) is 8.97. The summed E-state index contributed by atoms with van der Waals surface area (Å²) in [4.78, 5) is 11.2. The summed E-state index contributed by atoms with van der Waals surface area (Å²) in [5.41, 5.74) is 0. The molecule has 0 radical (unpaired) electrons. The van der Waals surface area contributed by atoms with Gasteiger partial charge in [0.25, 0.3) is 0 Å². The maximum absolute atomic E-state index is 11.2. The molecule has 2 nitrogen and oxygen atoms in total. The first-order valence-corrected chi connectivity index (χ1v) is 8.17. The van der Waals surface area contributed by atoms with Crippen LogP contribution < -0.4 is 0 Å². The second-order valence-corrected chi connectivity index (χ2v) is 5.68. The molecule has 19 heavy (non-hydrogen) atoms. The van der Waals surface area contributed by atoms with E-state index < -0.39 is 0 Å². The van der Waals surface area contributed by atoms with Gasteiger partial charge in [0.15, 0.2) is 0 Å². The molecule has 1 unspecified atom stereocenters. The van der Waals surface area contributed by atoms with Gasteiger partial charge in [-0.25, -0.2) is 0 Å². The molecule has 0 heterocycles. The number of unbranched alkanes of at least 4 members (excludes halogenated alkanes) is 4. The third kappa shape index (κ3) is 20.0. The fourth-order valence-corrected chi connectivity index (χ4v) is 1.24. The van der Waals surface area contributed by atoms with E-state index in [9.17, 15) is 4.79 Å². The second kappa shape index (κ2) is 15.5. The third-order valence-corrected chi connectivity index (χ3v) is 3.21. The highest BCUT2D eigenvalue weighted by atomic mass is 16.5. The molecule has 0 N–H and O–H groups in total. The van der Waals surface area contributed by atoms with E-state index in [0.29, 0.717) is 6.42 Å². The predicted octanol–water partition coefficient (Wildman–Crippen LogP) is 5.74. The summed E-state index contributed by atoms with van der Waals surface area (Å²) in [5, 5.41) is 0. The molecule has 0 rings (SSSR count). The van der Waals surface area contributed by atoms with E-state index in [2.05, 4.69) is 27.7 Å². The zero-order valence-corrected chi connectivity index (χ0v) is 14.1. The molecule has 0 aromatic heterocycles. The summed E-state index contributed by atoms with van der Waals surface area (Å²) in [7, 11) is 0. The number of hydrogen-bond acceptors (Lipinski definition) is 2. The van der Waals surface area contributed by atoms with E-state index in [1.54, 1.807) is 0 Å². The lowest BCUT2D eigenvalue weighted by atomic mass is 10.1. The number of carbonyl (C=O) groups excluding carboxylic acids is 1. The second-order valence-electron chi connectivity index (χ2n) is 5.68. The van der Waals surface area contributed by atoms with Crippen molar-refractivity contribution in [1.82, 2.24) is 0 Å². The number of hydrogen-bond donors (Lipinski definition) is 0. The Morgan fingerprint density at radius 3 is 1.84 bits per heavy atom. The molecule has 116 valence electrons. The van der Waals surface area contributed by atoms with E-state index in [1.165, 1.54) is 25.7 Å². The molecule has 0 aliphatic rings. The van der Waals surface area contributed by atoms with E-state index in [4.69, 9.17) is 4.74 Å². The summed E-state index contributed by atoms with van der Waals surface area (Å²) in [6.45, 7) is 12.8. The molecule has 0 spiro atoms. The average Bonchev–Trinajstić information content (AvgIpc) is 2.39.